The van der Waals surface area contributed by atoms with Crippen molar-refractivity contribution in [3.8, 4) is 11.4 Å². The molecule has 2 atom stereocenters. The van der Waals surface area contributed by atoms with E-state index in [1.54, 1.807) is 18.3 Å². The number of benzene rings is 2. The fraction of sp³-hybridized carbons (Fsp3) is 0.360. The van der Waals surface area contributed by atoms with Gasteiger partial charge in [-0.15, -0.1) is 0 Å². The standard InChI is InChI=1S/C25H25F2N3O4/c1-12(2)24-20(13-4-7-18(25(31)32)34-11-13)21-17(8-14-10-28-29-23(14)22(21)27)30(24)15-5-6-16(26)19(9-15)33-3/h5-6,8-10,12-13,18H,4,7,11H2,1-3H3,(H,28,29)(H,31,32)/t13?,18-/m0/s1. The molecule has 0 bridgehead atoms. The summed E-state index contributed by atoms with van der Waals surface area (Å²) in [5.41, 5.74) is 3.22. The zero-order valence-corrected chi connectivity index (χ0v) is 19.1. The van der Waals surface area contributed by atoms with Crippen molar-refractivity contribution >= 4 is 27.8 Å². The Morgan fingerprint density at radius 2 is 2.09 bits per heavy atom. The van der Waals surface area contributed by atoms with Gasteiger partial charge in [0.25, 0.3) is 0 Å². The third-order valence-corrected chi connectivity index (χ3v) is 6.58. The van der Waals surface area contributed by atoms with Crippen molar-refractivity contribution in [3.63, 3.8) is 0 Å². The first-order valence-electron chi connectivity index (χ1n) is 11.2. The number of nitrogens with zero attached hydrogens (tertiary/aromatic N) is 2. The summed E-state index contributed by atoms with van der Waals surface area (Å²) in [6.07, 6.45) is 1.58. The summed E-state index contributed by atoms with van der Waals surface area (Å²) in [6.45, 7) is 4.21. The van der Waals surface area contributed by atoms with Crippen LogP contribution in [0.2, 0.25) is 0 Å². The van der Waals surface area contributed by atoms with Crippen molar-refractivity contribution in [2.24, 2.45) is 0 Å². The molecule has 0 aliphatic carbocycles. The van der Waals surface area contributed by atoms with Gasteiger partial charge in [0.1, 0.15) is 5.52 Å². The van der Waals surface area contributed by atoms with Crippen LogP contribution in [0.3, 0.4) is 0 Å². The third kappa shape index (κ3) is 3.42. The molecular weight excluding hydrogens is 444 g/mol. The Morgan fingerprint density at radius 1 is 1.29 bits per heavy atom. The van der Waals surface area contributed by atoms with E-state index in [2.05, 4.69) is 10.2 Å². The van der Waals surface area contributed by atoms with Gasteiger partial charge in [0.2, 0.25) is 0 Å². The van der Waals surface area contributed by atoms with Crippen molar-refractivity contribution in [3.05, 3.63) is 53.4 Å². The zero-order valence-electron chi connectivity index (χ0n) is 19.1. The lowest BCUT2D eigenvalue weighted by Crippen LogP contribution is -2.31. The molecular formula is C25H25F2N3O4. The number of ether oxygens (including phenoxy) is 2. The van der Waals surface area contributed by atoms with Crippen LogP contribution in [0, 0.1) is 11.6 Å². The van der Waals surface area contributed by atoms with Crippen LogP contribution >= 0.6 is 0 Å². The van der Waals surface area contributed by atoms with E-state index in [0.29, 0.717) is 40.3 Å². The van der Waals surface area contributed by atoms with Gasteiger partial charge in [-0.3, -0.25) is 5.10 Å². The molecule has 0 saturated carbocycles. The second-order valence-electron chi connectivity index (χ2n) is 8.96. The molecule has 5 rings (SSSR count). The minimum absolute atomic E-state index is 0.0217. The van der Waals surface area contributed by atoms with Crippen LogP contribution in [0.5, 0.6) is 5.75 Å². The average Bonchev–Trinajstić information content (AvgIpc) is 3.43. The number of halogens is 2. The van der Waals surface area contributed by atoms with Gasteiger partial charge < -0.3 is 19.1 Å². The highest BCUT2D eigenvalue weighted by Crippen LogP contribution is 2.44. The van der Waals surface area contributed by atoms with E-state index in [1.807, 2.05) is 24.5 Å². The Morgan fingerprint density at radius 3 is 2.74 bits per heavy atom. The van der Waals surface area contributed by atoms with Crippen molar-refractivity contribution in [1.82, 2.24) is 14.8 Å². The third-order valence-electron chi connectivity index (χ3n) is 6.58. The lowest BCUT2D eigenvalue weighted by molar-refractivity contribution is -0.153. The maximum absolute atomic E-state index is 16.0. The number of rotatable bonds is 5. The molecule has 1 aliphatic heterocycles. The first-order valence-corrected chi connectivity index (χ1v) is 11.2. The van der Waals surface area contributed by atoms with Crippen LogP contribution in [0.25, 0.3) is 27.5 Å². The van der Waals surface area contributed by atoms with E-state index in [9.17, 15) is 14.3 Å². The van der Waals surface area contributed by atoms with Gasteiger partial charge in [-0.1, -0.05) is 13.8 Å². The molecule has 34 heavy (non-hydrogen) atoms. The Hall–Kier alpha value is -3.46. The van der Waals surface area contributed by atoms with Gasteiger partial charge in [0.05, 0.1) is 25.4 Å². The second-order valence-corrected chi connectivity index (χ2v) is 8.96. The fourth-order valence-electron chi connectivity index (χ4n) is 5.07. The van der Waals surface area contributed by atoms with Crippen LogP contribution in [0.1, 0.15) is 49.8 Å². The second kappa shape index (κ2) is 8.39. The minimum Gasteiger partial charge on any atom is -0.494 e. The Balaban J connectivity index is 1.82. The van der Waals surface area contributed by atoms with Crippen molar-refractivity contribution < 1.29 is 28.2 Å². The number of hydrogen-bond acceptors (Lipinski definition) is 4. The molecule has 1 aliphatic rings. The molecule has 4 aromatic rings. The number of carboxylic acid groups (broad SMARTS) is 1. The summed E-state index contributed by atoms with van der Waals surface area (Å²) < 4.78 is 43.0. The molecule has 2 aromatic carbocycles. The van der Waals surface area contributed by atoms with Crippen LogP contribution in [-0.2, 0) is 9.53 Å². The lowest BCUT2D eigenvalue weighted by atomic mass is 9.86. The number of methoxy groups -OCH3 is 1. The highest BCUT2D eigenvalue weighted by molar-refractivity contribution is 6.00. The van der Waals surface area contributed by atoms with Gasteiger partial charge in [0.15, 0.2) is 23.5 Å². The number of aliphatic carboxylic acids is 1. The molecule has 2 aromatic heterocycles. The summed E-state index contributed by atoms with van der Waals surface area (Å²) in [5, 5.41) is 17.1. The molecule has 2 N–H and O–H groups in total. The van der Waals surface area contributed by atoms with Crippen LogP contribution < -0.4 is 4.74 Å². The maximum Gasteiger partial charge on any atom is 0.332 e. The average molecular weight is 469 g/mol. The number of carbonyl (C=O) groups is 1. The molecule has 1 saturated heterocycles. The van der Waals surface area contributed by atoms with E-state index in [1.165, 1.54) is 13.2 Å². The normalized spacial score (nSPS) is 18.8. The molecule has 7 nitrogen and oxygen atoms in total. The number of aromatic nitrogens is 3. The highest BCUT2D eigenvalue weighted by atomic mass is 19.1. The van der Waals surface area contributed by atoms with Crippen LogP contribution in [0.4, 0.5) is 8.78 Å². The first-order chi connectivity index (χ1) is 16.3. The first kappa shape index (κ1) is 22.3. The van der Waals surface area contributed by atoms with Crippen molar-refractivity contribution in [1.29, 1.82) is 0 Å². The monoisotopic (exact) mass is 469 g/mol. The molecule has 3 heterocycles. The largest absolute Gasteiger partial charge is 0.494 e. The predicted molar refractivity (Wildman–Crippen MR) is 123 cm³/mol. The smallest absolute Gasteiger partial charge is 0.332 e. The summed E-state index contributed by atoms with van der Waals surface area (Å²) >= 11 is 0. The number of aromatic amines is 1. The van der Waals surface area contributed by atoms with E-state index < -0.39 is 23.7 Å². The molecule has 1 fully saturated rings. The maximum atomic E-state index is 16.0. The summed E-state index contributed by atoms with van der Waals surface area (Å²) in [4.78, 5) is 11.4. The fourth-order valence-corrected chi connectivity index (χ4v) is 5.07. The van der Waals surface area contributed by atoms with Gasteiger partial charge >= 0.3 is 5.97 Å². The summed E-state index contributed by atoms with van der Waals surface area (Å²) in [7, 11) is 1.40. The van der Waals surface area contributed by atoms with E-state index in [4.69, 9.17) is 9.47 Å². The molecule has 9 heteroatoms. The molecule has 0 radical (unpaired) electrons. The highest BCUT2D eigenvalue weighted by Gasteiger charge is 2.34. The number of H-pyrrole nitrogens is 1. The van der Waals surface area contributed by atoms with E-state index >= 15 is 4.39 Å². The number of nitrogens with one attached hydrogen (secondary N) is 1. The minimum atomic E-state index is -0.992. The molecule has 0 spiro atoms. The van der Waals surface area contributed by atoms with Gasteiger partial charge in [0, 0.05) is 34.1 Å². The Kier molecular flexibility index (Phi) is 5.51. The van der Waals surface area contributed by atoms with Crippen LogP contribution in [0.15, 0.2) is 30.5 Å². The molecule has 0 amide bonds. The van der Waals surface area contributed by atoms with Gasteiger partial charge in [-0.25, -0.2) is 13.6 Å². The molecule has 178 valence electrons. The quantitative estimate of drug-likeness (QED) is 0.416. The van der Waals surface area contributed by atoms with Gasteiger partial charge in [-0.05, 0) is 42.5 Å². The van der Waals surface area contributed by atoms with Crippen molar-refractivity contribution in [2.45, 2.75) is 44.6 Å². The topological polar surface area (TPSA) is 89.4 Å². The zero-order chi connectivity index (χ0) is 24.1. The van der Waals surface area contributed by atoms with Crippen molar-refractivity contribution in [2.75, 3.05) is 13.7 Å². The summed E-state index contributed by atoms with van der Waals surface area (Å²) in [5.74, 6) is -2.03. The SMILES string of the molecule is COc1cc(-n2c(C(C)C)c(C3CC[C@@H](C(=O)O)OC3)c3c(F)c4[nH]ncc4cc32)ccc1F. The van der Waals surface area contributed by atoms with Crippen LogP contribution in [-0.4, -0.2) is 45.7 Å². The number of fused-ring (bicyclic) bond motifs is 2. The molecule has 1 unspecified atom stereocenters. The number of hydrogen-bond donors (Lipinski definition) is 2. The Labute approximate surface area is 194 Å². The predicted octanol–water partition coefficient (Wildman–Crippen LogP) is 5.26. The number of carboxylic acids is 1. The summed E-state index contributed by atoms with van der Waals surface area (Å²) in [6, 6.07) is 6.44. The van der Waals surface area contributed by atoms with E-state index in [-0.39, 0.29) is 24.2 Å². The Bertz CT molecular complexity index is 1400. The lowest BCUT2D eigenvalue weighted by Gasteiger charge is -2.28. The van der Waals surface area contributed by atoms with Gasteiger partial charge in [-0.2, -0.15) is 5.10 Å². The van der Waals surface area contributed by atoms with E-state index in [0.717, 1.165) is 11.3 Å².